The van der Waals surface area contributed by atoms with Crippen molar-refractivity contribution in [2.45, 2.75) is 58.0 Å². The topological polar surface area (TPSA) is 72.9 Å². The van der Waals surface area contributed by atoms with Crippen LogP contribution in [0.1, 0.15) is 51.0 Å². The van der Waals surface area contributed by atoms with Crippen LogP contribution in [-0.4, -0.2) is 59.0 Å². The summed E-state index contributed by atoms with van der Waals surface area (Å²) in [7, 11) is 0. The standard InChI is InChI=1S/C22H33N3O3/c1-17(25-10-3-2-7-22(25)28)13-21(27)23-20-6-4-5-19(14-20)15-24-11-8-18(16-26)9-12-24/h4-6,14,17-18,26H,2-3,7-13,15-16H2,1H3,(H,23,27)/t17-/m0/s1. The molecule has 28 heavy (non-hydrogen) atoms. The lowest BCUT2D eigenvalue weighted by Gasteiger charge is -2.32. The van der Waals surface area contributed by atoms with Crippen LogP contribution in [0.2, 0.25) is 0 Å². The fourth-order valence-electron chi connectivity index (χ4n) is 4.22. The number of carbonyl (C=O) groups excluding carboxylic acids is 2. The van der Waals surface area contributed by atoms with Gasteiger partial charge in [0.1, 0.15) is 0 Å². The maximum Gasteiger partial charge on any atom is 0.226 e. The van der Waals surface area contributed by atoms with Gasteiger partial charge in [-0.2, -0.15) is 0 Å². The zero-order chi connectivity index (χ0) is 19.9. The molecule has 6 heteroatoms. The van der Waals surface area contributed by atoms with E-state index in [2.05, 4.69) is 16.3 Å². The normalized spacial score (nSPS) is 20.2. The van der Waals surface area contributed by atoms with Gasteiger partial charge >= 0.3 is 0 Å². The lowest BCUT2D eigenvalue weighted by atomic mass is 9.97. The number of hydrogen-bond acceptors (Lipinski definition) is 4. The Kier molecular flexibility index (Phi) is 7.45. The molecule has 2 N–H and O–H groups in total. The fourth-order valence-corrected chi connectivity index (χ4v) is 4.22. The van der Waals surface area contributed by atoms with Crippen LogP contribution in [0.15, 0.2) is 24.3 Å². The van der Waals surface area contributed by atoms with Gasteiger partial charge in [-0.05, 0) is 69.3 Å². The van der Waals surface area contributed by atoms with Gasteiger partial charge in [-0.1, -0.05) is 12.1 Å². The van der Waals surface area contributed by atoms with E-state index in [1.807, 2.05) is 30.0 Å². The molecule has 6 nitrogen and oxygen atoms in total. The van der Waals surface area contributed by atoms with E-state index >= 15 is 0 Å². The number of anilines is 1. The maximum absolute atomic E-state index is 12.5. The number of benzene rings is 1. The molecule has 0 radical (unpaired) electrons. The van der Waals surface area contributed by atoms with Gasteiger partial charge < -0.3 is 15.3 Å². The van der Waals surface area contributed by atoms with Crippen LogP contribution in [0.3, 0.4) is 0 Å². The average molecular weight is 388 g/mol. The Morgan fingerprint density at radius 3 is 2.75 bits per heavy atom. The number of piperidine rings is 2. The highest BCUT2D eigenvalue weighted by molar-refractivity contribution is 5.91. The molecule has 3 rings (SSSR count). The van der Waals surface area contributed by atoms with Crippen molar-refractivity contribution in [3.63, 3.8) is 0 Å². The highest BCUT2D eigenvalue weighted by atomic mass is 16.3. The minimum Gasteiger partial charge on any atom is -0.396 e. The van der Waals surface area contributed by atoms with Crippen LogP contribution >= 0.6 is 0 Å². The van der Waals surface area contributed by atoms with Crippen LogP contribution in [0, 0.1) is 5.92 Å². The molecule has 0 aliphatic carbocycles. The van der Waals surface area contributed by atoms with E-state index in [9.17, 15) is 14.7 Å². The summed E-state index contributed by atoms with van der Waals surface area (Å²) in [6.45, 7) is 5.87. The molecule has 2 aliphatic heterocycles. The number of aliphatic hydroxyl groups excluding tert-OH is 1. The molecule has 0 saturated carbocycles. The Balaban J connectivity index is 1.49. The molecule has 0 bridgehead atoms. The molecule has 0 spiro atoms. The molecule has 2 aliphatic rings. The molecular formula is C22H33N3O3. The zero-order valence-corrected chi connectivity index (χ0v) is 16.9. The number of nitrogens with zero attached hydrogens (tertiary/aromatic N) is 2. The van der Waals surface area contributed by atoms with Gasteiger partial charge in [0, 0.05) is 44.3 Å². The molecule has 2 fully saturated rings. The predicted octanol–water partition coefficient (Wildman–Crippen LogP) is 2.62. The van der Waals surface area contributed by atoms with Crippen LogP contribution < -0.4 is 5.32 Å². The van der Waals surface area contributed by atoms with E-state index in [0.29, 0.717) is 18.8 Å². The second-order valence-corrected chi connectivity index (χ2v) is 8.25. The minimum absolute atomic E-state index is 0.0493. The largest absolute Gasteiger partial charge is 0.396 e. The van der Waals surface area contributed by atoms with Crippen molar-refractivity contribution in [2.24, 2.45) is 5.92 Å². The van der Waals surface area contributed by atoms with Crippen LogP contribution in [0.25, 0.3) is 0 Å². The number of hydrogen-bond donors (Lipinski definition) is 2. The Morgan fingerprint density at radius 2 is 2.04 bits per heavy atom. The van der Waals surface area contributed by atoms with Gasteiger partial charge in [-0.15, -0.1) is 0 Å². The van der Waals surface area contributed by atoms with Crippen molar-refractivity contribution in [3.05, 3.63) is 29.8 Å². The Morgan fingerprint density at radius 1 is 1.25 bits per heavy atom. The van der Waals surface area contributed by atoms with Crippen molar-refractivity contribution in [3.8, 4) is 0 Å². The van der Waals surface area contributed by atoms with Gasteiger partial charge in [-0.25, -0.2) is 0 Å². The number of aliphatic hydroxyl groups is 1. The summed E-state index contributed by atoms with van der Waals surface area (Å²) >= 11 is 0. The lowest BCUT2D eigenvalue weighted by molar-refractivity contribution is -0.136. The number of nitrogens with one attached hydrogen (secondary N) is 1. The molecule has 1 atom stereocenters. The van der Waals surface area contributed by atoms with E-state index in [1.165, 1.54) is 5.56 Å². The number of amides is 2. The maximum atomic E-state index is 12.5. The molecule has 2 saturated heterocycles. The summed E-state index contributed by atoms with van der Waals surface area (Å²) < 4.78 is 0. The summed E-state index contributed by atoms with van der Waals surface area (Å²) in [6, 6.07) is 7.94. The van der Waals surface area contributed by atoms with Crippen LogP contribution in [-0.2, 0) is 16.1 Å². The molecule has 154 valence electrons. The van der Waals surface area contributed by atoms with Crippen molar-refractivity contribution in [1.82, 2.24) is 9.80 Å². The van der Waals surface area contributed by atoms with Gasteiger partial charge in [0.2, 0.25) is 11.8 Å². The third-order valence-corrected chi connectivity index (χ3v) is 5.96. The summed E-state index contributed by atoms with van der Waals surface area (Å²) in [5, 5.41) is 12.3. The highest BCUT2D eigenvalue weighted by Crippen LogP contribution is 2.20. The quantitative estimate of drug-likeness (QED) is 0.754. The van der Waals surface area contributed by atoms with Gasteiger partial charge in [-0.3, -0.25) is 14.5 Å². The van der Waals surface area contributed by atoms with Crippen LogP contribution in [0.5, 0.6) is 0 Å². The molecule has 0 aromatic heterocycles. The van der Waals surface area contributed by atoms with E-state index in [4.69, 9.17) is 0 Å². The van der Waals surface area contributed by atoms with Crippen molar-refractivity contribution in [1.29, 1.82) is 0 Å². The fraction of sp³-hybridized carbons (Fsp3) is 0.636. The van der Waals surface area contributed by atoms with E-state index in [1.54, 1.807) is 0 Å². The smallest absolute Gasteiger partial charge is 0.226 e. The monoisotopic (exact) mass is 387 g/mol. The second-order valence-electron chi connectivity index (χ2n) is 8.25. The van der Waals surface area contributed by atoms with Gasteiger partial charge in [0.15, 0.2) is 0 Å². The second kappa shape index (κ2) is 10.0. The zero-order valence-electron chi connectivity index (χ0n) is 16.9. The van der Waals surface area contributed by atoms with E-state index in [-0.39, 0.29) is 24.5 Å². The Bertz CT molecular complexity index is 671. The summed E-state index contributed by atoms with van der Waals surface area (Å²) in [5.41, 5.74) is 1.99. The Hall–Kier alpha value is -1.92. The van der Waals surface area contributed by atoms with Crippen LogP contribution in [0.4, 0.5) is 5.69 Å². The summed E-state index contributed by atoms with van der Waals surface area (Å²) in [6.07, 6.45) is 4.99. The average Bonchev–Trinajstić information content (AvgIpc) is 2.69. The molecular weight excluding hydrogens is 354 g/mol. The molecule has 0 unspecified atom stereocenters. The number of rotatable bonds is 7. The number of carbonyl (C=O) groups is 2. The molecule has 2 heterocycles. The number of likely N-dealkylation sites (tertiary alicyclic amines) is 2. The third-order valence-electron chi connectivity index (χ3n) is 5.96. The van der Waals surface area contributed by atoms with Gasteiger partial charge in [0.05, 0.1) is 0 Å². The van der Waals surface area contributed by atoms with E-state index < -0.39 is 0 Å². The molecule has 2 amide bonds. The summed E-state index contributed by atoms with van der Waals surface area (Å²) in [5.74, 6) is 0.556. The van der Waals surface area contributed by atoms with E-state index in [0.717, 1.165) is 57.5 Å². The molecule has 1 aromatic carbocycles. The van der Waals surface area contributed by atoms with Crippen molar-refractivity contribution < 1.29 is 14.7 Å². The summed E-state index contributed by atoms with van der Waals surface area (Å²) in [4.78, 5) is 28.7. The highest BCUT2D eigenvalue weighted by Gasteiger charge is 2.24. The minimum atomic E-state index is -0.0659. The first kappa shape index (κ1) is 20.8. The first-order valence-corrected chi connectivity index (χ1v) is 10.6. The predicted molar refractivity (Wildman–Crippen MR) is 110 cm³/mol. The lowest BCUT2D eigenvalue weighted by Crippen LogP contribution is -2.43. The van der Waals surface area contributed by atoms with Crippen molar-refractivity contribution >= 4 is 17.5 Å². The first-order chi connectivity index (χ1) is 13.5. The molecule has 1 aromatic rings. The Labute approximate surface area is 167 Å². The van der Waals surface area contributed by atoms with Gasteiger partial charge in [0.25, 0.3) is 0 Å². The van der Waals surface area contributed by atoms with Crippen molar-refractivity contribution in [2.75, 3.05) is 31.6 Å². The first-order valence-electron chi connectivity index (χ1n) is 10.6. The SMILES string of the molecule is C[C@@H](CC(=O)Nc1cccc(CN2CCC(CO)CC2)c1)N1CCCCC1=O. The third kappa shape index (κ3) is 5.79.